The molecule has 1 heterocycles. The van der Waals surface area contributed by atoms with Gasteiger partial charge in [0.2, 0.25) is 5.82 Å². The van der Waals surface area contributed by atoms with Crippen molar-refractivity contribution in [3.8, 4) is 11.4 Å². The van der Waals surface area contributed by atoms with Gasteiger partial charge in [0.25, 0.3) is 5.82 Å². The highest BCUT2D eigenvalue weighted by molar-refractivity contribution is 5.58. The molecule has 4 aromatic rings. The van der Waals surface area contributed by atoms with E-state index in [9.17, 15) is 0 Å². The average Bonchev–Trinajstić information content (AvgIpc) is 3.08. The lowest BCUT2D eigenvalue weighted by molar-refractivity contribution is -0.603. The second-order valence-corrected chi connectivity index (χ2v) is 6.55. The SMILES string of the molecule is CCCc1n(-c2ccccc2)c(Nc2ccccc2)c[n+]1-c1ccccc1. The van der Waals surface area contributed by atoms with Crippen LogP contribution in [0.25, 0.3) is 11.4 Å². The summed E-state index contributed by atoms with van der Waals surface area (Å²) < 4.78 is 4.62. The third kappa shape index (κ3) is 3.63. The summed E-state index contributed by atoms with van der Waals surface area (Å²) in [5, 5.41) is 3.60. The molecule has 0 atom stereocenters. The Morgan fingerprint density at radius 2 is 1.37 bits per heavy atom. The second kappa shape index (κ2) is 7.92. The number of nitrogens with one attached hydrogen (secondary N) is 1. The van der Waals surface area contributed by atoms with Crippen molar-refractivity contribution < 1.29 is 4.57 Å². The van der Waals surface area contributed by atoms with Gasteiger partial charge in [0, 0.05) is 12.1 Å². The molecule has 1 aromatic heterocycles. The van der Waals surface area contributed by atoms with Gasteiger partial charge in [-0.1, -0.05) is 61.5 Å². The van der Waals surface area contributed by atoms with Crippen LogP contribution in [0.15, 0.2) is 97.2 Å². The molecule has 134 valence electrons. The molecule has 0 bridgehead atoms. The van der Waals surface area contributed by atoms with Gasteiger partial charge < -0.3 is 5.32 Å². The summed E-state index contributed by atoms with van der Waals surface area (Å²) in [4.78, 5) is 0. The fourth-order valence-corrected chi connectivity index (χ4v) is 3.39. The first kappa shape index (κ1) is 17.1. The first-order valence-electron chi connectivity index (χ1n) is 9.46. The van der Waals surface area contributed by atoms with Crippen molar-refractivity contribution in [1.82, 2.24) is 4.57 Å². The topological polar surface area (TPSA) is 20.8 Å². The van der Waals surface area contributed by atoms with Crippen LogP contribution in [0.1, 0.15) is 19.2 Å². The van der Waals surface area contributed by atoms with Gasteiger partial charge in [-0.15, -0.1) is 0 Å². The molecule has 0 fully saturated rings. The summed E-state index contributed by atoms with van der Waals surface area (Å²) in [5.41, 5.74) is 3.41. The quantitative estimate of drug-likeness (QED) is 0.457. The van der Waals surface area contributed by atoms with Gasteiger partial charge in [-0.2, -0.15) is 9.13 Å². The minimum atomic E-state index is 0.986. The number of imidazole rings is 1. The lowest BCUT2D eigenvalue weighted by Gasteiger charge is -2.07. The molecular formula is C24H24N3+. The van der Waals surface area contributed by atoms with Crippen molar-refractivity contribution in [3.63, 3.8) is 0 Å². The molecular weight excluding hydrogens is 330 g/mol. The highest BCUT2D eigenvalue weighted by Crippen LogP contribution is 2.24. The summed E-state index contributed by atoms with van der Waals surface area (Å²) in [7, 11) is 0. The highest BCUT2D eigenvalue weighted by atomic mass is 15.2. The molecule has 0 aliphatic carbocycles. The molecule has 1 N–H and O–H groups in total. The van der Waals surface area contributed by atoms with Gasteiger partial charge in [0.1, 0.15) is 11.4 Å². The number of nitrogens with zero attached hydrogens (tertiary/aromatic N) is 2. The highest BCUT2D eigenvalue weighted by Gasteiger charge is 2.25. The number of hydrogen-bond donors (Lipinski definition) is 1. The van der Waals surface area contributed by atoms with Crippen LogP contribution in [0.5, 0.6) is 0 Å². The zero-order valence-electron chi connectivity index (χ0n) is 15.5. The molecule has 3 heteroatoms. The van der Waals surface area contributed by atoms with Gasteiger partial charge in [-0.3, -0.25) is 0 Å². The molecule has 0 saturated carbocycles. The molecule has 0 aliphatic rings. The Kier molecular flexibility index (Phi) is 5.01. The van der Waals surface area contributed by atoms with Crippen molar-refractivity contribution >= 4 is 11.5 Å². The lowest BCUT2D eigenvalue weighted by atomic mass is 10.2. The normalized spacial score (nSPS) is 10.7. The van der Waals surface area contributed by atoms with E-state index in [0.717, 1.165) is 30.0 Å². The van der Waals surface area contributed by atoms with Crippen LogP contribution in [0.2, 0.25) is 0 Å². The van der Waals surface area contributed by atoms with Gasteiger partial charge >= 0.3 is 0 Å². The van der Waals surface area contributed by atoms with E-state index < -0.39 is 0 Å². The smallest absolute Gasteiger partial charge is 0.268 e. The van der Waals surface area contributed by atoms with E-state index in [4.69, 9.17) is 0 Å². The summed E-state index contributed by atoms with van der Waals surface area (Å²) >= 11 is 0. The predicted octanol–water partition coefficient (Wildman–Crippen LogP) is 5.45. The number of para-hydroxylation sites is 3. The molecule has 0 radical (unpaired) electrons. The monoisotopic (exact) mass is 354 g/mol. The molecule has 0 aliphatic heterocycles. The first-order valence-corrected chi connectivity index (χ1v) is 9.46. The number of aromatic nitrogens is 2. The van der Waals surface area contributed by atoms with Crippen LogP contribution in [-0.4, -0.2) is 4.57 Å². The van der Waals surface area contributed by atoms with Crippen molar-refractivity contribution in [3.05, 3.63) is 103 Å². The van der Waals surface area contributed by atoms with Crippen molar-refractivity contribution in [2.75, 3.05) is 5.32 Å². The van der Waals surface area contributed by atoms with Crippen molar-refractivity contribution in [2.45, 2.75) is 19.8 Å². The van der Waals surface area contributed by atoms with Crippen LogP contribution < -0.4 is 9.88 Å². The summed E-state index contributed by atoms with van der Waals surface area (Å²) in [6, 6.07) is 31.4. The fourth-order valence-electron chi connectivity index (χ4n) is 3.39. The summed E-state index contributed by atoms with van der Waals surface area (Å²) in [6.45, 7) is 2.22. The molecule has 0 amide bonds. The Morgan fingerprint density at radius 1 is 0.778 bits per heavy atom. The maximum atomic E-state index is 3.60. The van der Waals surface area contributed by atoms with Crippen molar-refractivity contribution in [1.29, 1.82) is 0 Å². The Balaban J connectivity index is 1.91. The third-order valence-corrected chi connectivity index (χ3v) is 4.60. The average molecular weight is 354 g/mol. The number of hydrogen-bond acceptors (Lipinski definition) is 1. The largest absolute Gasteiger partial charge is 0.319 e. The van der Waals surface area contributed by atoms with Crippen LogP contribution >= 0.6 is 0 Å². The van der Waals surface area contributed by atoms with Gasteiger partial charge in [-0.05, 0) is 42.8 Å². The number of anilines is 2. The summed E-state index contributed by atoms with van der Waals surface area (Å²) in [5.74, 6) is 2.31. The Bertz CT molecular complexity index is 990. The number of rotatable bonds is 6. The predicted molar refractivity (Wildman–Crippen MR) is 111 cm³/mol. The van der Waals surface area contributed by atoms with E-state index in [1.54, 1.807) is 0 Å². The molecule has 0 spiro atoms. The molecule has 0 saturated heterocycles. The van der Waals surface area contributed by atoms with E-state index in [0.29, 0.717) is 0 Å². The zero-order valence-corrected chi connectivity index (χ0v) is 15.5. The minimum Gasteiger partial charge on any atom is -0.319 e. The lowest BCUT2D eigenvalue weighted by Crippen LogP contribution is -2.34. The van der Waals surface area contributed by atoms with Gasteiger partial charge in [-0.25, -0.2) is 0 Å². The maximum absolute atomic E-state index is 3.60. The van der Waals surface area contributed by atoms with E-state index in [1.165, 1.54) is 11.5 Å². The van der Waals surface area contributed by atoms with E-state index in [1.807, 2.05) is 6.07 Å². The van der Waals surface area contributed by atoms with Gasteiger partial charge in [0.05, 0.1) is 0 Å². The van der Waals surface area contributed by atoms with Crippen molar-refractivity contribution in [2.24, 2.45) is 0 Å². The Hall–Kier alpha value is -3.33. The van der Waals surface area contributed by atoms with E-state index in [-0.39, 0.29) is 0 Å². The minimum absolute atomic E-state index is 0.986. The third-order valence-electron chi connectivity index (χ3n) is 4.60. The molecule has 3 aromatic carbocycles. The van der Waals surface area contributed by atoms with Crippen LogP contribution in [-0.2, 0) is 6.42 Å². The van der Waals surface area contributed by atoms with Crippen LogP contribution in [0, 0.1) is 0 Å². The molecule has 0 unspecified atom stereocenters. The van der Waals surface area contributed by atoms with Gasteiger partial charge in [0.15, 0.2) is 6.20 Å². The zero-order chi connectivity index (χ0) is 18.5. The first-order chi connectivity index (χ1) is 13.4. The Labute approximate surface area is 160 Å². The Morgan fingerprint density at radius 3 is 2.00 bits per heavy atom. The fraction of sp³-hybridized carbons (Fsp3) is 0.125. The molecule has 27 heavy (non-hydrogen) atoms. The standard InChI is InChI=1S/C24H24N3/c1-2-12-24-26(21-15-8-4-9-16-21)19-23(25-20-13-6-3-7-14-20)27(24)22-17-10-5-11-18-22/h3-11,13-19,25H,2,12H2,1H3/q+1. The number of benzene rings is 3. The van der Waals surface area contributed by atoms with E-state index >= 15 is 0 Å². The summed E-state index contributed by atoms with van der Waals surface area (Å²) in [6.07, 6.45) is 4.26. The second-order valence-electron chi connectivity index (χ2n) is 6.55. The maximum Gasteiger partial charge on any atom is 0.268 e. The molecule has 3 nitrogen and oxygen atoms in total. The van der Waals surface area contributed by atoms with E-state index in [2.05, 4.69) is 113 Å². The molecule has 4 rings (SSSR count). The van der Waals surface area contributed by atoms with Crippen LogP contribution in [0.4, 0.5) is 11.5 Å². The van der Waals surface area contributed by atoms with Crippen LogP contribution in [0.3, 0.4) is 0 Å².